The van der Waals surface area contributed by atoms with Crippen molar-refractivity contribution in [2.45, 2.75) is 58.5 Å². The van der Waals surface area contributed by atoms with Gasteiger partial charge in [0, 0.05) is 6.04 Å². The van der Waals surface area contributed by atoms with E-state index in [9.17, 15) is 4.79 Å². The molecule has 1 saturated carbocycles. The highest BCUT2D eigenvalue weighted by Gasteiger charge is 2.24. The molecule has 1 fully saturated rings. The molecule has 0 aliphatic heterocycles. The molecule has 5 heteroatoms. The summed E-state index contributed by atoms with van der Waals surface area (Å²) in [7, 11) is 0. The van der Waals surface area contributed by atoms with E-state index in [0.717, 1.165) is 28.7 Å². The first-order chi connectivity index (χ1) is 8.50. The predicted octanol–water partition coefficient (Wildman–Crippen LogP) is 2.88. The number of aromatic nitrogens is 2. The second kappa shape index (κ2) is 5.43. The van der Waals surface area contributed by atoms with Gasteiger partial charge >= 0.3 is 0 Å². The number of rotatable bonds is 3. The number of aryl methyl sites for hydroxylation is 1. The highest BCUT2D eigenvalue weighted by molar-refractivity contribution is 9.10. The van der Waals surface area contributed by atoms with E-state index in [1.165, 1.54) is 12.8 Å². The lowest BCUT2D eigenvalue weighted by Crippen LogP contribution is -2.38. The third-order valence-electron chi connectivity index (χ3n) is 3.68. The average molecular weight is 314 g/mol. The van der Waals surface area contributed by atoms with Crippen LogP contribution in [0.3, 0.4) is 0 Å². The van der Waals surface area contributed by atoms with Crippen molar-refractivity contribution in [2.24, 2.45) is 0 Å². The van der Waals surface area contributed by atoms with Crippen LogP contribution in [0.2, 0.25) is 0 Å². The smallest absolute Gasteiger partial charge is 0.244 e. The van der Waals surface area contributed by atoms with Crippen LogP contribution < -0.4 is 5.32 Å². The third kappa shape index (κ3) is 2.60. The summed E-state index contributed by atoms with van der Waals surface area (Å²) in [5, 5.41) is 7.53. The summed E-state index contributed by atoms with van der Waals surface area (Å²) in [6.07, 6.45) is 4.67. The van der Waals surface area contributed by atoms with E-state index >= 15 is 0 Å². The highest BCUT2D eigenvalue weighted by Crippen LogP contribution is 2.23. The van der Waals surface area contributed by atoms with Crippen LogP contribution in [-0.2, 0) is 4.79 Å². The van der Waals surface area contributed by atoms with Gasteiger partial charge in [-0.15, -0.1) is 0 Å². The van der Waals surface area contributed by atoms with Gasteiger partial charge in [0.2, 0.25) is 5.91 Å². The SMILES string of the molecule is Cc1nn(C(C)C(=O)NC2CCCC2)c(C)c1Br. The summed E-state index contributed by atoms with van der Waals surface area (Å²) in [5.41, 5.74) is 1.93. The van der Waals surface area contributed by atoms with Gasteiger partial charge in [0.05, 0.1) is 15.9 Å². The molecule has 1 heterocycles. The largest absolute Gasteiger partial charge is 0.352 e. The minimum absolute atomic E-state index is 0.0694. The van der Waals surface area contributed by atoms with Gasteiger partial charge < -0.3 is 5.32 Å². The van der Waals surface area contributed by atoms with Crippen molar-refractivity contribution >= 4 is 21.8 Å². The van der Waals surface area contributed by atoms with Gasteiger partial charge in [0.15, 0.2) is 0 Å². The van der Waals surface area contributed by atoms with Crippen LogP contribution in [0, 0.1) is 13.8 Å². The molecule has 0 bridgehead atoms. The number of nitrogens with zero attached hydrogens (tertiary/aromatic N) is 2. The molecule has 4 nitrogen and oxygen atoms in total. The van der Waals surface area contributed by atoms with Crippen LogP contribution in [0.4, 0.5) is 0 Å². The molecule has 18 heavy (non-hydrogen) atoms. The maximum atomic E-state index is 12.2. The molecule has 1 aromatic heterocycles. The van der Waals surface area contributed by atoms with E-state index in [4.69, 9.17) is 0 Å². The first-order valence-corrected chi connectivity index (χ1v) is 7.31. The zero-order valence-corrected chi connectivity index (χ0v) is 12.7. The number of hydrogen-bond donors (Lipinski definition) is 1. The Morgan fingerprint density at radius 2 is 2.06 bits per heavy atom. The number of carbonyl (C=O) groups is 1. The summed E-state index contributed by atoms with van der Waals surface area (Å²) in [6.45, 7) is 5.81. The molecule has 1 amide bonds. The predicted molar refractivity (Wildman–Crippen MR) is 74.5 cm³/mol. The third-order valence-corrected chi connectivity index (χ3v) is 4.83. The van der Waals surface area contributed by atoms with E-state index in [-0.39, 0.29) is 11.9 Å². The van der Waals surface area contributed by atoms with E-state index < -0.39 is 0 Å². The lowest BCUT2D eigenvalue weighted by Gasteiger charge is -2.18. The second-order valence-electron chi connectivity index (χ2n) is 5.10. The maximum Gasteiger partial charge on any atom is 0.244 e. The zero-order chi connectivity index (χ0) is 13.3. The lowest BCUT2D eigenvalue weighted by molar-refractivity contribution is -0.124. The average Bonchev–Trinajstić information content (AvgIpc) is 2.93. The Balaban J connectivity index is 2.07. The zero-order valence-electron chi connectivity index (χ0n) is 11.2. The van der Waals surface area contributed by atoms with Gasteiger partial charge in [-0.25, -0.2) is 0 Å². The second-order valence-corrected chi connectivity index (χ2v) is 5.89. The summed E-state index contributed by atoms with van der Waals surface area (Å²) in [5.74, 6) is 0.0694. The monoisotopic (exact) mass is 313 g/mol. The fourth-order valence-electron chi connectivity index (χ4n) is 2.52. The Morgan fingerprint density at radius 3 is 2.56 bits per heavy atom. The molecule has 1 aromatic rings. The molecule has 1 aliphatic rings. The van der Waals surface area contributed by atoms with Crippen molar-refractivity contribution in [3.8, 4) is 0 Å². The van der Waals surface area contributed by atoms with Crippen molar-refractivity contribution in [2.75, 3.05) is 0 Å². The van der Waals surface area contributed by atoms with Crippen LogP contribution in [0.25, 0.3) is 0 Å². The minimum atomic E-state index is -0.254. The Morgan fingerprint density at radius 1 is 1.44 bits per heavy atom. The quantitative estimate of drug-likeness (QED) is 0.932. The van der Waals surface area contributed by atoms with Crippen LogP contribution >= 0.6 is 15.9 Å². The van der Waals surface area contributed by atoms with E-state index in [0.29, 0.717) is 6.04 Å². The Bertz CT molecular complexity index is 449. The Hall–Kier alpha value is -0.840. The van der Waals surface area contributed by atoms with Gasteiger partial charge in [-0.3, -0.25) is 9.48 Å². The van der Waals surface area contributed by atoms with Gasteiger partial charge in [-0.05, 0) is 49.5 Å². The van der Waals surface area contributed by atoms with Crippen LogP contribution in [0.5, 0.6) is 0 Å². The molecule has 100 valence electrons. The summed E-state index contributed by atoms with van der Waals surface area (Å²) in [6, 6.07) is 0.107. The van der Waals surface area contributed by atoms with E-state index in [1.807, 2.05) is 20.8 Å². The topological polar surface area (TPSA) is 46.9 Å². The van der Waals surface area contributed by atoms with Gasteiger partial charge in [-0.2, -0.15) is 5.10 Å². The first kappa shape index (κ1) is 13.6. The van der Waals surface area contributed by atoms with Crippen molar-refractivity contribution in [3.63, 3.8) is 0 Å². The molecule has 1 unspecified atom stereocenters. The number of nitrogens with one attached hydrogen (secondary N) is 1. The van der Waals surface area contributed by atoms with Gasteiger partial charge in [0.1, 0.15) is 6.04 Å². The maximum absolute atomic E-state index is 12.2. The van der Waals surface area contributed by atoms with Crippen LogP contribution in [0.15, 0.2) is 4.47 Å². The Labute approximate surface area is 116 Å². The first-order valence-electron chi connectivity index (χ1n) is 6.52. The van der Waals surface area contributed by atoms with Crippen LogP contribution in [0.1, 0.15) is 50.0 Å². The fourth-order valence-corrected chi connectivity index (χ4v) is 2.78. The van der Waals surface area contributed by atoms with Crippen molar-refractivity contribution in [3.05, 3.63) is 15.9 Å². The van der Waals surface area contributed by atoms with Crippen molar-refractivity contribution in [1.29, 1.82) is 0 Å². The van der Waals surface area contributed by atoms with E-state index in [1.54, 1.807) is 4.68 Å². The minimum Gasteiger partial charge on any atom is -0.352 e. The Kier molecular flexibility index (Phi) is 4.10. The highest BCUT2D eigenvalue weighted by atomic mass is 79.9. The number of halogens is 1. The number of carbonyl (C=O) groups excluding carboxylic acids is 1. The lowest BCUT2D eigenvalue weighted by atomic mass is 10.2. The molecule has 1 N–H and O–H groups in total. The molecule has 0 radical (unpaired) electrons. The molecular weight excluding hydrogens is 294 g/mol. The van der Waals surface area contributed by atoms with Crippen LogP contribution in [-0.4, -0.2) is 21.7 Å². The fraction of sp³-hybridized carbons (Fsp3) is 0.692. The number of amides is 1. The van der Waals surface area contributed by atoms with Gasteiger partial charge in [-0.1, -0.05) is 12.8 Å². The molecule has 2 rings (SSSR count). The normalized spacial score (nSPS) is 18.0. The molecule has 1 atom stereocenters. The molecule has 0 spiro atoms. The summed E-state index contributed by atoms with van der Waals surface area (Å²) in [4.78, 5) is 12.2. The van der Waals surface area contributed by atoms with Crippen molar-refractivity contribution in [1.82, 2.24) is 15.1 Å². The molecule has 0 saturated heterocycles. The number of hydrogen-bond acceptors (Lipinski definition) is 2. The molecule has 0 aromatic carbocycles. The summed E-state index contributed by atoms with van der Waals surface area (Å²) < 4.78 is 2.78. The molecule has 1 aliphatic carbocycles. The molecular formula is C13H20BrN3O. The van der Waals surface area contributed by atoms with E-state index in [2.05, 4.69) is 26.3 Å². The van der Waals surface area contributed by atoms with Gasteiger partial charge in [0.25, 0.3) is 0 Å². The summed E-state index contributed by atoms with van der Waals surface area (Å²) >= 11 is 3.49. The standard InChI is InChI=1S/C13H20BrN3O/c1-8-12(14)9(2)17(16-8)10(3)13(18)15-11-6-4-5-7-11/h10-11H,4-7H2,1-3H3,(H,15,18). The van der Waals surface area contributed by atoms with Crippen molar-refractivity contribution < 1.29 is 4.79 Å².